The van der Waals surface area contributed by atoms with Crippen molar-refractivity contribution in [2.45, 2.75) is 65.5 Å². The Labute approximate surface area is 211 Å². The molecule has 2 fully saturated rings. The van der Waals surface area contributed by atoms with Crippen LogP contribution in [0.3, 0.4) is 0 Å². The second-order valence-electron chi connectivity index (χ2n) is 9.92. The zero-order chi connectivity index (χ0) is 22.3. The van der Waals surface area contributed by atoms with Crippen LogP contribution >= 0.6 is 24.0 Å². The number of rotatable bonds is 5. The molecule has 2 atom stereocenters. The zero-order valence-electron chi connectivity index (χ0n) is 20.2. The second kappa shape index (κ2) is 12.8. The van der Waals surface area contributed by atoms with Crippen molar-refractivity contribution in [3.05, 3.63) is 35.4 Å². The Morgan fingerprint density at radius 3 is 2.41 bits per heavy atom. The number of nitrogens with zero attached hydrogens (tertiary/aromatic N) is 2. The van der Waals surface area contributed by atoms with E-state index in [1.54, 1.807) is 7.05 Å². The van der Waals surface area contributed by atoms with Gasteiger partial charge in [-0.15, -0.1) is 24.0 Å². The van der Waals surface area contributed by atoms with Gasteiger partial charge in [0.05, 0.1) is 6.10 Å². The summed E-state index contributed by atoms with van der Waals surface area (Å²) in [6, 6.07) is 7.94. The Bertz CT molecular complexity index is 739. The summed E-state index contributed by atoms with van der Waals surface area (Å²) in [6.45, 7) is 10.9. The Kier molecular flexibility index (Phi) is 10.7. The average molecular weight is 557 g/mol. The van der Waals surface area contributed by atoms with Crippen LogP contribution in [0.15, 0.2) is 29.3 Å². The summed E-state index contributed by atoms with van der Waals surface area (Å²) in [5.41, 5.74) is 2.04. The van der Waals surface area contributed by atoms with Crippen molar-refractivity contribution in [2.75, 3.05) is 33.3 Å². The van der Waals surface area contributed by atoms with Crippen LogP contribution in [0.5, 0.6) is 0 Å². The number of guanidine groups is 1. The highest BCUT2D eigenvalue weighted by atomic mass is 127. The lowest BCUT2D eigenvalue weighted by Crippen LogP contribution is -2.47. The summed E-state index contributed by atoms with van der Waals surface area (Å²) in [5.74, 6) is 1.43. The molecule has 2 N–H and O–H groups in total. The van der Waals surface area contributed by atoms with Gasteiger partial charge in [-0.25, -0.2) is 0 Å². The molecule has 3 rings (SSSR count). The summed E-state index contributed by atoms with van der Waals surface area (Å²) in [6.07, 6.45) is 6.02. The molecule has 180 valence electrons. The molecule has 0 bridgehead atoms. The minimum atomic E-state index is 0. The number of hydrogen-bond donors (Lipinski definition) is 2. The lowest BCUT2D eigenvalue weighted by Gasteiger charge is -2.40. The molecule has 0 spiro atoms. The van der Waals surface area contributed by atoms with E-state index in [1.807, 2.05) is 29.2 Å². The van der Waals surface area contributed by atoms with E-state index in [9.17, 15) is 4.79 Å². The number of amides is 1. The maximum absolute atomic E-state index is 12.6. The number of halogens is 1. The number of ether oxygens (including phenoxy) is 1. The van der Waals surface area contributed by atoms with Crippen molar-refractivity contribution in [3.8, 4) is 0 Å². The highest BCUT2D eigenvalue weighted by Gasteiger charge is 2.35. The van der Waals surface area contributed by atoms with Crippen LogP contribution in [-0.2, 0) is 11.3 Å². The molecule has 0 radical (unpaired) electrons. The van der Waals surface area contributed by atoms with E-state index in [-0.39, 0.29) is 41.4 Å². The first-order valence-electron chi connectivity index (χ1n) is 11.8. The lowest BCUT2D eigenvalue weighted by molar-refractivity contribution is -0.0835. The van der Waals surface area contributed by atoms with Crippen molar-refractivity contribution in [1.29, 1.82) is 0 Å². The Balaban J connectivity index is 0.00000363. The van der Waals surface area contributed by atoms with Crippen molar-refractivity contribution < 1.29 is 9.53 Å². The molecule has 1 aromatic rings. The molecular formula is C25H41IN4O2. The SMILES string of the molecule is CN=C(NCc1ccc(C(=O)N2CCCCC2)cc1)NCC1CCCOC1C(C)(C)C.I. The number of benzene rings is 1. The first kappa shape index (κ1) is 26.9. The molecule has 0 aliphatic carbocycles. The normalized spacial score (nSPS) is 22.1. The van der Waals surface area contributed by atoms with E-state index in [4.69, 9.17) is 4.74 Å². The van der Waals surface area contributed by atoms with Gasteiger partial charge in [0.1, 0.15) is 0 Å². The molecular weight excluding hydrogens is 515 g/mol. The Morgan fingerprint density at radius 2 is 1.78 bits per heavy atom. The number of piperidine rings is 1. The fourth-order valence-corrected chi connectivity index (χ4v) is 4.69. The van der Waals surface area contributed by atoms with E-state index in [0.717, 1.165) is 62.6 Å². The number of aliphatic imine (C=N–C) groups is 1. The van der Waals surface area contributed by atoms with Gasteiger partial charge in [0.2, 0.25) is 0 Å². The topological polar surface area (TPSA) is 66.0 Å². The van der Waals surface area contributed by atoms with Crippen molar-refractivity contribution in [1.82, 2.24) is 15.5 Å². The highest BCUT2D eigenvalue weighted by molar-refractivity contribution is 14.0. The van der Waals surface area contributed by atoms with E-state index < -0.39 is 0 Å². The minimum Gasteiger partial charge on any atom is -0.377 e. The second-order valence-corrected chi connectivity index (χ2v) is 9.92. The van der Waals surface area contributed by atoms with E-state index in [2.05, 4.69) is 36.4 Å². The predicted octanol–water partition coefficient (Wildman–Crippen LogP) is 4.44. The fraction of sp³-hybridized carbons (Fsp3) is 0.680. The molecule has 0 saturated carbocycles. The van der Waals surface area contributed by atoms with E-state index in [0.29, 0.717) is 12.5 Å². The van der Waals surface area contributed by atoms with E-state index >= 15 is 0 Å². The van der Waals surface area contributed by atoms with Crippen LogP contribution in [0, 0.1) is 11.3 Å². The van der Waals surface area contributed by atoms with Gasteiger partial charge in [0.15, 0.2) is 5.96 Å². The molecule has 1 amide bonds. The number of carbonyl (C=O) groups is 1. The van der Waals surface area contributed by atoms with Gasteiger partial charge < -0.3 is 20.3 Å². The Hall–Kier alpha value is -1.35. The third-order valence-electron chi connectivity index (χ3n) is 6.36. The molecule has 7 heteroatoms. The maximum Gasteiger partial charge on any atom is 0.253 e. The van der Waals surface area contributed by atoms with Gasteiger partial charge in [-0.05, 0) is 55.2 Å². The maximum atomic E-state index is 12.6. The largest absolute Gasteiger partial charge is 0.377 e. The highest BCUT2D eigenvalue weighted by Crippen LogP contribution is 2.33. The molecule has 6 nitrogen and oxygen atoms in total. The summed E-state index contributed by atoms with van der Waals surface area (Å²) in [7, 11) is 1.80. The molecule has 2 unspecified atom stereocenters. The van der Waals surface area contributed by atoms with Gasteiger partial charge in [-0.3, -0.25) is 9.79 Å². The first-order chi connectivity index (χ1) is 14.9. The fourth-order valence-electron chi connectivity index (χ4n) is 4.69. The third-order valence-corrected chi connectivity index (χ3v) is 6.36. The predicted molar refractivity (Wildman–Crippen MR) is 142 cm³/mol. The van der Waals surface area contributed by atoms with Crippen LogP contribution in [0.1, 0.15) is 68.8 Å². The number of likely N-dealkylation sites (tertiary alicyclic amines) is 1. The number of nitrogens with one attached hydrogen (secondary N) is 2. The van der Waals surface area contributed by atoms with Gasteiger partial charge in [0, 0.05) is 51.3 Å². The summed E-state index contributed by atoms with van der Waals surface area (Å²) < 4.78 is 6.09. The molecule has 2 aliphatic heterocycles. The zero-order valence-corrected chi connectivity index (χ0v) is 22.5. The summed E-state index contributed by atoms with van der Waals surface area (Å²) >= 11 is 0. The van der Waals surface area contributed by atoms with Crippen molar-refractivity contribution in [2.24, 2.45) is 16.3 Å². The number of hydrogen-bond acceptors (Lipinski definition) is 3. The van der Waals surface area contributed by atoms with Gasteiger partial charge in [0.25, 0.3) is 5.91 Å². The molecule has 1 aromatic carbocycles. The van der Waals surface area contributed by atoms with Gasteiger partial charge in [-0.2, -0.15) is 0 Å². The summed E-state index contributed by atoms with van der Waals surface area (Å²) in [5, 5.41) is 6.88. The van der Waals surface area contributed by atoms with Crippen LogP contribution in [0.2, 0.25) is 0 Å². The van der Waals surface area contributed by atoms with Gasteiger partial charge >= 0.3 is 0 Å². The first-order valence-corrected chi connectivity index (χ1v) is 11.8. The molecule has 0 aromatic heterocycles. The molecule has 32 heavy (non-hydrogen) atoms. The molecule has 2 saturated heterocycles. The molecule has 2 aliphatic rings. The smallest absolute Gasteiger partial charge is 0.253 e. The lowest BCUT2D eigenvalue weighted by atomic mass is 9.78. The average Bonchev–Trinajstić information content (AvgIpc) is 2.79. The Morgan fingerprint density at radius 1 is 1.09 bits per heavy atom. The third kappa shape index (κ3) is 7.61. The van der Waals surface area contributed by atoms with Crippen molar-refractivity contribution >= 4 is 35.8 Å². The van der Waals surface area contributed by atoms with Crippen LogP contribution < -0.4 is 10.6 Å². The minimum absolute atomic E-state index is 0. The number of carbonyl (C=O) groups excluding carboxylic acids is 1. The van der Waals surface area contributed by atoms with Crippen LogP contribution in [0.25, 0.3) is 0 Å². The molecule has 2 heterocycles. The van der Waals surface area contributed by atoms with Crippen LogP contribution in [-0.4, -0.2) is 56.2 Å². The van der Waals surface area contributed by atoms with Gasteiger partial charge in [-0.1, -0.05) is 32.9 Å². The standard InChI is InChI=1S/C25H40N4O2.HI/c1-25(2,3)22-21(9-8-16-31-22)18-28-24(26-4)27-17-19-10-12-20(13-11-19)23(30)29-14-6-5-7-15-29;/h10-13,21-22H,5-9,14-18H2,1-4H3,(H2,26,27,28);1H. The quantitative estimate of drug-likeness (QED) is 0.320. The monoisotopic (exact) mass is 556 g/mol. The van der Waals surface area contributed by atoms with Crippen molar-refractivity contribution in [3.63, 3.8) is 0 Å². The van der Waals surface area contributed by atoms with E-state index in [1.165, 1.54) is 12.8 Å². The summed E-state index contributed by atoms with van der Waals surface area (Å²) in [4.78, 5) is 19.0. The van der Waals surface area contributed by atoms with Crippen LogP contribution in [0.4, 0.5) is 0 Å².